The molecule has 3 rings (SSSR count). The summed E-state index contributed by atoms with van der Waals surface area (Å²) in [5.41, 5.74) is 7.33. The third kappa shape index (κ3) is 2.73. The molecule has 1 amide bonds. The predicted molar refractivity (Wildman–Crippen MR) is 79.6 cm³/mol. The van der Waals surface area contributed by atoms with E-state index in [1.165, 1.54) is 0 Å². The zero-order valence-electron chi connectivity index (χ0n) is 11.1. The Kier molecular flexibility index (Phi) is 3.58. The van der Waals surface area contributed by atoms with Crippen molar-refractivity contribution in [2.24, 2.45) is 0 Å². The summed E-state index contributed by atoms with van der Waals surface area (Å²) < 4.78 is 10.5. The van der Waals surface area contributed by atoms with Crippen molar-refractivity contribution in [1.82, 2.24) is 5.32 Å². The number of hydrogen-bond acceptors (Lipinski definition) is 4. The first kappa shape index (κ1) is 13.6. The zero-order valence-corrected chi connectivity index (χ0v) is 11.8. The molecule has 0 radical (unpaired) electrons. The van der Waals surface area contributed by atoms with Crippen LogP contribution in [0.4, 0.5) is 5.69 Å². The molecule has 0 saturated carbocycles. The van der Waals surface area contributed by atoms with E-state index in [4.69, 9.17) is 26.8 Å². The highest BCUT2D eigenvalue weighted by Gasteiger charge is 2.15. The molecule has 5 nitrogen and oxygen atoms in total. The van der Waals surface area contributed by atoms with Gasteiger partial charge in [-0.05, 0) is 29.8 Å². The second-order valence-electron chi connectivity index (χ2n) is 4.57. The number of carbonyl (C=O) groups is 1. The quantitative estimate of drug-likeness (QED) is 0.855. The summed E-state index contributed by atoms with van der Waals surface area (Å²) in [6.45, 7) is 0.571. The van der Waals surface area contributed by atoms with Gasteiger partial charge in [-0.15, -0.1) is 0 Å². The second kappa shape index (κ2) is 5.54. The molecule has 21 heavy (non-hydrogen) atoms. The Bertz CT molecular complexity index is 683. The van der Waals surface area contributed by atoms with Gasteiger partial charge in [0.1, 0.15) is 0 Å². The summed E-state index contributed by atoms with van der Waals surface area (Å²) in [7, 11) is 0. The highest BCUT2D eigenvalue weighted by molar-refractivity contribution is 6.34. The summed E-state index contributed by atoms with van der Waals surface area (Å²) in [6.07, 6.45) is 0. The molecule has 2 aromatic rings. The van der Waals surface area contributed by atoms with Crippen molar-refractivity contribution in [3.63, 3.8) is 0 Å². The highest BCUT2D eigenvalue weighted by atomic mass is 35.5. The van der Waals surface area contributed by atoms with E-state index in [2.05, 4.69) is 5.32 Å². The maximum absolute atomic E-state index is 12.2. The van der Waals surface area contributed by atoms with Crippen LogP contribution in [0.15, 0.2) is 36.4 Å². The van der Waals surface area contributed by atoms with Crippen molar-refractivity contribution >= 4 is 23.2 Å². The smallest absolute Gasteiger partial charge is 0.255 e. The van der Waals surface area contributed by atoms with Crippen molar-refractivity contribution in [3.05, 3.63) is 52.5 Å². The third-order valence-electron chi connectivity index (χ3n) is 3.16. The van der Waals surface area contributed by atoms with Gasteiger partial charge in [-0.25, -0.2) is 0 Å². The zero-order chi connectivity index (χ0) is 14.8. The number of nitrogens with two attached hydrogens (primary N) is 1. The maximum atomic E-state index is 12.2. The number of amides is 1. The van der Waals surface area contributed by atoms with Crippen molar-refractivity contribution in [2.45, 2.75) is 6.54 Å². The van der Waals surface area contributed by atoms with Gasteiger partial charge in [0.2, 0.25) is 6.79 Å². The lowest BCUT2D eigenvalue weighted by atomic mass is 10.1. The van der Waals surface area contributed by atoms with Gasteiger partial charge < -0.3 is 20.5 Å². The first-order valence-electron chi connectivity index (χ1n) is 6.36. The highest BCUT2D eigenvalue weighted by Crippen LogP contribution is 2.32. The lowest BCUT2D eigenvalue weighted by molar-refractivity contribution is 0.0952. The van der Waals surface area contributed by atoms with Crippen LogP contribution >= 0.6 is 11.6 Å². The molecular formula is C15H13ClN2O3. The number of carbonyl (C=O) groups excluding carboxylic acids is 1. The SMILES string of the molecule is Nc1cccc(Cl)c1C(=O)NCc1ccc2c(c1)OCO2. The van der Waals surface area contributed by atoms with Crippen LogP contribution in [0.3, 0.4) is 0 Å². The van der Waals surface area contributed by atoms with Crippen LogP contribution in [0, 0.1) is 0 Å². The third-order valence-corrected chi connectivity index (χ3v) is 3.48. The van der Waals surface area contributed by atoms with Gasteiger partial charge >= 0.3 is 0 Å². The summed E-state index contributed by atoms with van der Waals surface area (Å²) >= 11 is 6.01. The average Bonchev–Trinajstić information content (AvgIpc) is 2.92. The Morgan fingerprint density at radius 2 is 2.05 bits per heavy atom. The number of anilines is 1. The van der Waals surface area contributed by atoms with E-state index < -0.39 is 0 Å². The van der Waals surface area contributed by atoms with Crippen molar-refractivity contribution in [1.29, 1.82) is 0 Å². The summed E-state index contributed by atoms with van der Waals surface area (Å²) in [4.78, 5) is 12.2. The Morgan fingerprint density at radius 1 is 1.24 bits per heavy atom. The van der Waals surface area contributed by atoms with Gasteiger partial charge in [-0.1, -0.05) is 23.7 Å². The number of rotatable bonds is 3. The molecule has 1 aliphatic heterocycles. The summed E-state index contributed by atoms with van der Waals surface area (Å²) in [5, 5.41) is 3.12. The van der Waals surface area contributed by atoms with Gasteiger partial charge in [0.05, 0.1) is 10.6 Å². The van der Waals surface area contributed by atoms with Gasteiger partial charge in [0.25, 0.3) is 5.91 Å². The van der Waals surface area contributed by atoms with Crippen molar-refractivity contribution < 1.29 is 14.3 Å². The van der Waals surface area contributed by atoms with E-state index >= 15 is 0 Å². The predicted octanol–water partition coefficient (Wildman–Crippen LogP) is 2.58. The molecule has 0 saturated heterocycles. The number of nitrogens with one attached hydrogen (secondary N) is 1. The fourth-order valence-corrected chi connectivity index (χ4v) is 2.37. The van der Waals surface area contributed by atoms with E-state index in [0.717, 1.165) is 5.56 Å². The van der Waals surface area contributed by atoms with Gasteiger partial charge in [-0.3, -0.25) is 4.79 Å². The average molecular weight is 305 g/mol. The molecule has 0 spiro atoms. The molecule has 0 bridgehead atoms. The molecule has 0 unspecified atom stereocenters. The van der Waals surface area contributed by atoms with Gasteiger partial charge in [0, 0.05) is 12.2 Å². The van der Waals surface area contributed by atoms with Crippen LogP contribution in [-0.2, 0) is 6.54 Å². The van der Waals surface area contributed by atoms with Crippen LogP contribution < -0.4 is 20.5 Å². The molecule has 0 fully saturated rings. The first-order chi connectivity index (χ1) is 10.1. The molecule has 1 heterocycles. The molecule has 0 aliphatic carbocycles. The standard InChI is InChI=1S/C15H13ClN2O3/c16-10-2-1-3-11(17)14(10)15(19)18-7-9-4-5-12-13(6-9)21-8-20-12/h1-6H,7-8,17H2,(H,18,19). The fourth-order valence-electron chi connectivity index (χ4n) is 2.10. The Morgan fingerprint density at radius 3 is 2.86 bits per heavy atom. The van der Waals surface area contributed by atoms with Crippen LogP contribution in [0.2, 0.25) is 5.02 Å². The minimum Gasteiger partial charge on any atom is -0.454 e. The molecular weight excluding hydrogens is 292 g/mol. The van der Waals surface area contributed by atoms with Gasteiger partial charge in [0.15, 0.2) is 11.5 Å². The minimum atomic E-state index is -0.309. The summed E-state index contributed by atoms with van der Waals surface area (Å²) in [5.74, 6) is 1.08. The maximum Gasteiger partial charge on any atom is 0.255 e. The van der Waals surface area contributed by atoms with Crippen LogP contribution in [-0.4, -0.2) is 12.7 Å². The van der Waals surface area contributed by atoms with E-state index in [1.54, 1.807) is 18.2 Å². The molecule has 2 aromatic carbocycles. The number of hydrogen-bond donors (Lipinski definition) is 2. The second-order valence-corrected chi connectivity index (χ2v) is 4.98. The lowest BCUT2D eigenvalue weighted by Crippen LogP contribution is -2.24. The largest absolute Gasteiger partial charge is 0.454 e. The fraction of sp³-hybridized carbons (Fsp3) is 0.133. The van der Waals surface area contributed by atoms with Gasteiger partial charge in [-0.2, -0.15) is 0 Å². The van der Waals surface area contributed by atoms with Crippen LogP contribution in [0.25, 0.3) is 0 Å². The summed E-state index contributed by atoms with van der Waals surface area (Å²) in [6, 6.07) is 10.5. The normalized spacial score (nSPS) is 12.2. The Hall–Kier alpha value is -2.40. The van der Waals surface area contributed by atoms with E-state index in [1.807, 2.05) is 18.2 Å². The topological polar surface area (TPSA) is 73.6 Å². The monoisotopic (exact) mass is 304 g/mol. The minimum absolute atomic E-state index is 0.224. The Balaban J connectivity index is 1.71. The van der Waals surface area contributed by atoms with Crippen molar-refractivity contribution in [2.75, 3.05) is 12.5 Å². The van der Waals surface area contributed by atoms with E-state index in [0.29, 0.717) is 34.3 Å². The Labute approximate surface area is 126 Å². The van der Waals surface area contributed by atoms with E-state index in [9.17, 15) is 4.79 Å². The molecule has 0 aromatic heterocycles. The number of nitrogen functional groups attached to an aromatic ring is 1. The van der Waals surface area contributed by atoms with Crippen LogP contribution in [0.5, 0.6) is 11.5 Å². The molecule has 0 atom stereocenters. The van der Waals surface area contributed by atoms with Crippen LogP contribution in [0.1, 0.15) is 15.9 Å². The molecule has 6 heteroatoms. The lowest BCUT2D eigenvalue weighted by Gasteiger charge is -2.09. The number of ether oxygens (including phenoxy) is 2. The number of benzene rings is 2. The first-order valence-corrected chi connectivity index (χ1v) is 6.73. The van der Waals surface area contributed by atoms with Crippen molar-refractivity contribution in [3.8, 4) is 11.5 Å². The molecule has 1 aliphatic rings. The number of halogens is 1. The molecule has 108 valence electrons. The number of fused-ring (bicyclic) bond motifs is 1. The van der Waals surface area contributed by atoms with E-state index in [-0.39, 0.29) is 12.7 Å². The molecule has 3 N–H and O–H groups in total.